The first-order chi connectivity index (χ1) is 15.1. The monoisotopic (exact) mass is 440 g/mol. The van der Waals surface area contributed by atoms with Gasteiger partial charge in [0.05, 0.1) is 20.9 Å². The number of carbonyl (C=O) groups is 1. The highest BCUT2D eigenvalue weighted by atomic mass is 32.1. The molecule has 1 amide bonds. The minimum Gasteiger partial charge on any atom is -0.497 e. The van der Waals surface area contributed by atoms with Gasteiger partial charge in [0.15, 0.2) is 0 Å². The molecule has 31 heavy (non-hydrogen) atoms. The lowest BCUT2D eigenvalue weighted by Crippen LogP contribution is -2.49. The van der Waals surface area contributed by atoms with E-state index in [-0.39, 0.29) is 5.91 Å². The quantitative estimate of drug-likeness (QED) is 0.545. The molecule has 4 rings (SSSR count). The van der Waals surface area contributed by atoms with Gasteiger partial charge in [-0.1, -0.05) is 0 Å². The van der Waals surface area contributed by atoms with Crippen LogP contribution in [0.2, 0.25) is 0 Å². The standard InChI is InChI=1S/C22H24N4O4S/c1-28-18-7-3-16(4-8-18)20-23-26(22(31)30-20)15-24-11-13-25(14-12-24)21(27)17-5-9-19(29-2)10-6-17/h3-10H,11-15H2,1-2H3. The maximum atomic E-state index is 12.7. The van der Waals surface area contributed by atoms with Gasteiger partial charge in [-0.15, -0.1) is 5.10 Å². The summed E-state index contributed by atoms with van der Waals surface area (Å²) in [6.07, 6.45) is 0. The summed E-state index contributed by atoms with van der Waals surface area (Å²) >= 11 is 5.35. The van der Waals surface area contributed by atoms with Gasteiger partial charge in [0, 0.05) is 37.3 Å². The molecule has 1 fully saturated rings. The number of piperazine rings is 1. The first-order valence-electron chi connectivity index (χ1n) is 9.95. The average molecular weight is 441 g/mol. The molecule has 0 aliphatic carbocycles. The fourth-order valence-corrected chi connectivity index (χ4v) is 3.62. The molecule has 0 atom stereocenters. The molecule has 0 unspecified atom stereocenters. The lowest BCUT2D eigenvalue weighted by molar-refractivity contribution is 0.0583. The number of ether oxygens (including phenoxy) is 2. The van der Waals surface area contributed by atoms with Gasteiger partial charge in [0.1, 0.15) is 11.5 Å². The number of rotatable bonds is 6. The summed E-state index contributed by atoms with van der Waals surface area (Å²) in [4.78, 5) is 17.1. The third kappa shape index (κ3) is 4.78. The lowest BCUT2D eigenvalue weighted by Gasteiger charge is -2.34. The largest absolute Gasteiger partial charge is 0.497 e. The molecule has 3 aromatic rings. The molecule has 0 radical (unpaired) electrons. The van der Waals surface area contributed by atoms with Crippen LogP contribution in [0.5, 0.6) is 11.5 Å². The molecule has 9 heteroatoms. The highest BCUT2D eigenvalue weighted by Crippen LogP contribution is 2.21. The fraction of sp³-hybridized carbons (Fsp3) is 0.318. The van der Waals surface area contributed by atoms with E-state index in [0.29, 0.717) is 36.0 Å². The second-order valence-corrected chi connectivity index (χ2v) is 7.53. The van der Waals surface area contributed by atoms with E-state index in [2.05, 4.69) is 10.00 Å². The Labute approximate surface area is 185 Å². The van der Waals surface area contributed by atoms with Crippen LogP contribution in [0, 0.1) is 4.84 Å². The number of amides is 1. The third-order valence-electron chi connectivity index (χ3n) is 5.27. The summed E-state index contributed by atoms with van der Waals surface area (Å²) in [6, 6.07) is 14.7. The summed E-state index contributed by atoms with van der Waals surface area (Å²) in [6.45, 7) is 3.26. The van der Waals surface area contributed by atoms with Crippen LogP contribution in [-0.4, -0.2) is 65.9 Å². The number of methoxy groups -OCH3 is 2. The van der Waals surface area contributed by atoms with Gasteiger partial charge in [0.2, 0.25) is 5.89 Å². The van der Waals surface area contributed by atoms with Crippen LogP contribution >= 0.6 is 12.2 Å². The van der Waals surface area contributed by atoms with Crippen molar-refractivity contribution < 1.29 is 18.7 Å². The topological polar surface area (TPSA) is 73.0 Å². The van der Waals surface area contributed by atoms with Crippen LogP contribution in [0.25, 0.3) is 11.5 Å². The van der Waals surface area contributed by atoms with Crippen LogP contribution in [0.1, 0.15) is 10.4 Å². The number of aromatic nitrogens is 2. The zero-order chi connectivity index (χ0) is 21.8. The minimum absolute atomic E-state index is 0.0298. The Balaban J connectivity index is 1.36. The fourth-order valence-electron chi connectivity index (χ4n) is 3.44. The van der Waals surface area contributed by atoms with Crippen molar-refractivity contribution in [2.45, 2.75) is 6.67 Å². The summed E-state index contributed by atoms with van der Waals surface area (Å²) in [5, 5.41) is 4.52. The highest BCUT2D eigenvalue weighted by molar-refractivity contribution is 7.71. The van der Waals surface area contributed by atoms with E-state index in [4.69, 9.17) is 26.1 Å². The molecular weight excluding hydrogens is 416 g/mol. The summed E-state index contributed by atoms with van der Waals surface area (Å²) in [5.74, 6) is 2.01. The van der Waals surface area contributed by atoms with Crippen LogP contribution < -0.4 is 9.47 Å². The molecule has 1 aliphatic heterocycles. The van der Waals surface area contributed by atoms with Gasteiger partial charge in [-0.3, -0.25) is 9.69 Å². The Morgan fingerprint density at radius 3 is 2.13 bits per heavy atom. The molecule has 0 saturated carbocycles. The summed E-state index contributed by atoms with van der Waals surface area (Å²) in [5.41, 5.74) is 1.50. The van der Waals surface area contributed by atoms with E-state index in [1.54, 1.807) is 43.2 Å². The Morgan fingerprint density at radius 1 is 0.968 bits per heavy atom. The summed E-state index contributed by atoms with van der Waals surface area (Å²) in [7, 11) is 3.23. The molecule has 2 aromatic carbocycles. The smallest absolute Gasteiger partial charge is 0.288 e. The predicted octanol–water partition coefficient (Wildman–Crippen LogP) is 3.31. The molecule has 2 heterocycles. The SMILES string of the molecule is COc1ccc(C(=O)N2CCN(Cn3nc(-c4ccc(OC)cc4)oc3=S)CC2)cc1. The van der Waals surface area contributed by atoms with E-state index in [0.717, 1.165) is 30.2 Å². The van der Waals surface area contributed by atoms with Crippen molar-refractivity contribution in [3.05, 3.63) is 58.9 Å². The van der Waals surface area contributed by atoms with Gasteiger partial charge < -0.3 is 18.8 Å². The normalized spacial score (nSPS) is 14.5. The van der Waals surface area contributed by atoms with Crippen molar-refractivity contribution in [1.29, 1.82) is 0 Å². The van der Waals surface area contributed by atoms with E-state index >= 15 is 0 Å². The number of hydrogen-bond donors (Lipinski definition) is 0. The van der Waals surface area contributed by atoms with Crippen LogP contribution in [0.3, 0.4) is 0 Å². The molecule has 0 spiro atoms. The summed E-state index contributed by atoms with van der Waals surface area (Å²) < 4.78 is 17.7. The third-order valence-corrected chi connectivity index (χ3v) is 5.57. The van der Waals surface area contributed by atoms with Crippen molar-refractivity contribution in [2.24, 2.45) is 0 Å². The number of carbonyl (C=O) groups excluding carboxylic acids is 1. The van der Waals surface area contributed by atoms with Gasteiger partial charge in [0.25, 0.3) is 10.7 Å². The van der Waals surface area contributed by atoms with Crippen LogP contribution in [0.4, 0.5) is 0 Å². The maximum absolute atomic E-state index is 12.7. The zero-order valence-electron chi connectivity index (χ0n) is 17.5. The molecule has 0 bridgehead atoms. The zero-order valence-corrected chi connectivity index (χ0v) is 18.3. The van der Waals surface area contributed by atoms with Crippen molar-refractivity contribution in [1.82, 2.24) is 19.6 Å². The molecule has 1 saturated heterocycles. The molecule has 0 N–H and O–H groups in total. The molecule has 162 valence electrons. The van der Waals surface area contributed by atoms with Gasteiger partial charge >= 0.3 is 0 Å². The molecule has 1 aliphatic rings. The first kappa shape index (κ1) is 21.1. The Hall–Kier alpha value is -3.17. The number of nitrogens with zero attached hydrogens (tertiary/aromatic N) is 4. The van der Waals surface area contributed by atoms with Crippen molar-refractivity contribution >= 4 is 18.1 Å². The Morgan fingerprint density at radius 2 is 1.55 bits per heavy atom. The number of benzene rings is 2. The van der Waals surface area contributed by atoms with Gasteiger partial charge in [-0.25, -0.2) is 4.68 Å². The van der Waals surface area contributed by atoms with Crippen molar-refractivity contribution in [3.63, 3.8) is 0 Å². The van der Waals surface area contributed by atoms with Crippen LogP contribution in [-0.2, 0) is 6.67 Å². The highest BCUT2D eigenvalue weighted by Gasteiger charge is 2.23. The van der Waals surface area contributed by atoms with Crippen molar-refractivity contribution in [2.75, 3.05) is 40.4 Å². The van der Waals surface area contributed by atoms with Gasteiger partial charge in [-0.2, -0.15) is 0 Å². The van der Waals surface area contributed by atoms with E-state index < -0.39 is 0 Å². The molecule has 1 aromatic heterocycles. The average Bonchev–Trinajstić information content (AvgIpc) is 3.19. The van der Waals surface area contributed by atoms with Gasteiger partial charge in [-0.05, 0) is 60.7 Å². The van der Waals surface area contributed by atoms with Crippen LogP contribution in [0.15, 0.2) is 52.9 Å². The Kier molecular flexibility index (Phi) is 6.34. The maximum Gasteiger partial charge on any atom is 0.288 e. The molecule has 8 nitrogen and oxygen atoms in total. The number of hydrogen-bond acceptors (Lipinski definition) is 7. The second kappa shape index (κ2) is 9.32. The first-order valence-corrected chi connectivity index (χ1v) is 10.4. The molecular formula is C22H24N4O4S. The second-order valence-electron chi connectivity index (χ2n) is 7.18. The lowest BCUT2D eigenvalue weighted by atomic mass is 10.1. The minimum atomic E-state index is 0.0298. The van der Waals surface area contributed by atoms with E-state index in [1.165, 1.54) is 0 Å². The van der Waals surface area contributed by atoms with Crippen molar-refractivity contribution in [3.8, 4) is 23.0 Å². The Bertz CT molecular complexity index is 1080. The predicted molar refractivity (Wildman–Crippen MR) is 118 cm³/mol. The van der Waals surface area contributed by atoms with E-state index in [9.17, 15) is 4.79 Å². The van der Waals surface area contributed by atoms with E-state index in [1.807, 2.05) is 29.2 Å².